The minimum Gasteiger partial charge on any atom is -0.456 e. The van der Waals surface area contributed by atoms with Crippen LogP contribution in [0, 0.1) is 13.8 Å². The molecule has 0 spiro atoms. The molecule has 0 aliphatic carbocycles. The molecule has 0 saturated carbocycles. The molecule has 6 rings (SSSR count). The van der Waals surface area contributed by atoms with Crippen molar-refractivity contribution in [1.82, 2.24) is 4.31 Å². The van der Waals surface area contributed by atoms with Gasteiger partial charge in [0.2, 0.25) is 0 Å². The fraction of sp³-hybridized carbons (Fsp3) is 0.300. The third-order valence-electron chi connectivity index (χ3n) is 9.39. The molecule has 0 saturated heterocycles. The summed E-state index contributed by atoms with van der Waals surface area (Å²) in [5, 5.41) is 4.51. The van der Waals surface area contributed by atoms with E-state index in [1.807, 2.05) is 30.3 Å². The molecular formula is C40H45N2O2S+. The summed E-state index contributed by atoms with van der Waals surface area (Å²) in [5.74, 6) is 0. The summed E-state index contributed by atoms with van der Waals surface area (Å²) in [6.07, 6.45) is 2.08. The van der Waals surface area contributed by atoms with Crippen LogP contribution in [-0.2, 0) is 24.1 Å². The van der Waals surface area contributed by atoms with Gasteiger partial charge in [0.15, 0.2) is 0 Å². The Morgan fingerprint density at radius 2 is 1.40 bits per heavy atom. The number of rotatable bonds is 13. The average molecular weight is 618 g/mol. The van der Waals surface area contributed by atoms with Crippen molar-refractivity contribution in [3.05, 3.63) is 125 Å². The highest BCUT2D eigenvalue weighted by atomic mass is 32.2. The van der Waals surface area contributed by atoms with Crippen molar-refractivity contribution in [2.24, 2.45) is 0 Å². The summed E-state index contributed by atoms with van der Waals surface area (Å²) < 4.78 is 23.6. The molecule has 1 atom stereocenters. The molecule has 0 N–H and O–H groups in total. The highest BCUT2D eigenvalue weighted by Gasteiger charge is 2.24. The van der Waals surface area contributed by atoms with Gasteiger partial charge in [0.05, 0.1) is 24.5 Å². The van der Waals surface area contributed by atoms with Gasteiger partial charge in [-0.2, -0.15) is 0 Å². The molecule has 0 fully saturated rings. The Bertz CT molecular complexity index is 1940. The minimum absolute atomic E-state index is 0.631. The molecule has 5 aromatic carbocycles. The molecular weight excluding hydrogens is 573 g/mol. The van der Waals surface area contributed by atoms with Crippen molar-refractivity contribution in [2.45, 2.75) is 58.5 Å². The van der Waals surface area contributed by atoms with E-state index in [4.69, 9.17) is 4.42 Å². The molecule has 0 bridgehead atoms. The Labute approximate surface area is 270 Å². The van der Waals surface area contributed by atoms with Crippen molar-refractivity contribution in [1.29, 1.82) is 0 Å². The fourth-order valence-electron chi connectivity index (χ4n) is 6.85. The predicted molar refractivity (Wildman–Crippen MR) is 190 cm³/mol. The quantitative estimate of drug-likeness (QED) is 0.0955. The summed E-state index contributed by atoms with van der Waals surface area (Å²) in [6, 6.07) is 36.1. The number of aryl methyl sites for hydroxylation is 2. The van der Waals surface area contributed by atoms with Gasteiger partial charge in [-0.3, -0.25) is 0 Å². The maximum atomic E-state index is 14.3. The van der Waals surface area contributed by atoms with Crippen molar-refractivity contribution in [3.63, 3.8) is 0 Å². The third kappa shape index (κ3) is 7.06. The van der Waals surface area contributed by atoms with Crippen LogP contribution in [0.1, 0.15) is 48.9 Å². The zero-order valence-corrected chi connectivity index (χ0v) is 27.9. The predicted octanol–water partition coefficient (Wildman–Crippen LogP) is 9.72. The summed E-state index contributed by atoms with van der Waals surface area (Å²) in [7, 11) is -1.32. The maximum Gasteiger partial charge on any atom is 0.135 e. The monoisotopic (exact) mass is 617 g/mol. The lowest BCUT2D eigenvalue weighted by Crippen LogP contribution is -2.47. The van der Waals surface area contributed by atoms with Gasteiger partial charge in [-0.05, 0) is 87.2 Å². The van der Waals surface area contributed by atoms with Crippen LogP contribution in [0.15, 0.2) is 112 Å². The van der Waals surface area contributed by atoms with Gasteiger partial charge in [0.1, 0.15) is 28.7 Å². The van der Waals surface area contributed by atoms with Crippen LogP contribution in [0.2, 0.25) is 0 Å². The zero-order valence-electron chi connectivity index (χ0n) is 27.1. The molecule has 1 aromatic heterocycles. The van der Waals surface area contributed by atoms with Gasteiger partial charge in [-0.25, -0.2) is 8.51 Å². The van der Waals surface area contributed by atoms with E-state index in [1.165, 1.54) is 33.0 Å². The van der Waals surface area contributed by atoms with Gasteiger partial charge >= 0.3 is 0 Å². The first kappa shape index (κ1) is 31.2. The lowest BCUT2D eigenvalue weighted by atomic mass is 10.1. The van der Waals surface area contributed by atoms with E-state index in [1.54, 1.807) is 0 Å². The van der Waals surface area contributed by atoms with Crippen molar-refractivity contribution in [3.8, 4) is 0 Å². The van der Waals surface area contributed by atoms with Crippen molar-refractivity contribution < 1.29 is 13.1 Å². The summed E-state index contributed by atoms with van der Waals surface area (Å²) in [6.45, 7) is 14.8. The highest BCUT2D eigenvalue weighted by molar-refractivity contribution is 7.82. The molecule has 0 radical (unpaired) electrons. The Morgan fingerprint density at radius 1 is 0.689 bits per heavy atom. The van der Waals surface area contributed by atoms with E-state index >= 15 is 0 Å². The van der Waals surface area contributed by atoms with Gasteiger partial charge in [-0.1, -0.05) is 83.9 Å². The number of nitrogens with zero attached hydrogens (tertiary/aromatic N) is 2. The molecule has 232 valence electrons. The number of furan rings is 1. The number of para-hydroxylation sites is 1. The first-order chi connectivity index (χ1) is 21.9. The minimum atomic E-state index is -1.32. The van der Waals surface area contributed by atoms with Gasteiger partial charge < -0.3 is 8.90 Å². The third-order valence-corrected chi connectivity index (χ3v) is 10.8. The van der Waals surface area contributed by atoms with E-state index in [9.17, 15) is 4.21 Å². The molecule has 0 amide bonds. The Balaban J connectivity index is 1.22. The summed E-state index contributed by atoms with van der Waals surface area (Å²) in [4.78, 5) is 0.817. The summed E-state index contributed by atoms with van der Waals surface area (Å²) >= 11 is 0. The van der Waals surface area contributed by atoms with Crippen LogP contribution in [0.3, 0.4) is 0 Å². The number of hydrogen-bond donors (Lipinski definition) is 0. The smallest absolute Gasteiger partial charge is 0.135 e. The number of benzene rings is 5. The van der Waals surface area contributed by atoms with Crippen molar-refractivity contribution >= 4 is 43.7 Å². The van der Waals surface area contributed by atoms with E-state index in [0.717, 1.165) is 76.9 Å². The molecule has 1 heterocycles. The maximum absolute atomic E-state index is 14.3. The van der Waals surface area contributed by atoms with Gasteiger partial charge in [-0.15, -0.1) is 0 Å². The second-order valence-corrected chi connectivity index (χ2v) is 14.1. The van der Waals surface area contributed by atoms with Crippen LogP contribution in [0.25, 0.3) is 32.7 Å². The lowest BCUT2D eigenvalue weighted by molar-refractivity contribution is -0.938. The zero-order chi connectivity index (χ0) is 31.4. The van der Waals surface area contributed by atoms with Crippen LogP contribution in [0.5, 0.6) is 0 Å². The highest BCUT2D eigenvalue weighted by Crippen LogP contribution is 2.31. The normalized spacial score (nSPS) is 12.9. The molecule has 1 unspecified atom stereocenters. The molecule has 5 heteroatoms. The number of unbranched alkanes of at least 4 members (excludes halogenated alkanes) is 1. The average Bonchev–Trinajstić information content (AvgIpc) is 3.42. The Kier molecular flexibility index (Phi) is 9.50. The number of hydrogen-bond acceptors (Lipinski definition) is 2. The number of quaternary nitrogens is 1. The van der Waals surface area contributed by atoms with Crippen molar-refractivity contribution in [2.75, 3.05) is 26.2 Å². The fourth-order valence-corrected chi connectivity index (χ4v) is 8.11. The second-order valence-electron chi connectivity index (χ2n) is 12.6. The SMILES string of the molecule is CC[N+](CC)(CCCCN(Cc1ccc2ccccc2c1)S(=O)c1ccc2oc3ccccc3c2c1)Cc1cc(C)cc(C)c1. The molecule has 4 nitrogen and oxygen atoms in total. The van der Waals surface area contributed by atoms with Crippen LogP contribution >= 0.6 is 0 Å². The number of fused-ring (bicyclic) bond motifs is 4. The molecule has 6 aromatic rings. The van der Waals surface area contributed by atoms with Crippen LogP contribution in [-0.4, -0.2) is 39.2 Å². The second kappa shape index (κ2) is 13.7. The van der Waals surface area contributed by atoms with Crippen LogP contribution in [0.4, 0.5) is 0 Å². The van der Waals surface area contributed by atoms with E-state index < -0.39 is 11.0 Å². The first-order valence-electron chi connectivity index (χ1n) is 16.3. The van der Waals surface area contributed by atoms with E-state index in [2.05, 4.69) is 105 Å². The standard InChI is InChI=1S/C40H45N2O2S/c1-5-42(6-2,29-33-24-30(3)23-31(4)25-33)22-12-11-21-41(28-32-17-18-34-13-7-8-14-35(34)26-32)45(43)36-19-20-40-38(27-36)37-15-9-10-16-39(37)44-40/h7-10,13-20,23-27H,5-6,11-12,21-22,28-29H2,1-4H3/q+1. The van der Waals surface area contributed by atoms with E-state index in [-0.39, 0.29) is 0 Å². The van der Waals surface area contributed by atoms with Gasteiger partial charge in [0.25, 0.3) is 0 Å². The summed E-state index contributed by atoms with van der Waals surface area (Å²) in [5.41, 5.74) is 6.97. The lowest BCUT2D eigenvalue weighted by Gasteiger charge is -2.37. The Morgan fingerprint density at radius 3 is 2.18 bits per heavy atom. The first-order valence-corrected chi connectivity index (χ1v) is 17.4. The topological polar surface area (TPSA) is 33.5 Å². The Hall–Kier alpha value is -3.77. The molecule has 0 aliphatic heterocycles. The van der Waals surface area contributed by atoms with Gasteiger partial charge in [0, 0.05) is 29.4 Å². The van der Waals surface area contributed by atoms with Crippen LogP contribution < -0.4 is 0 Å². The van der Waals surface area contributed by atoms with E-state index in [0.29, 0.717) is 6.54 Å². The molecule has 0 aliphatic rings. The largest absolute Gasteiger partial charge is 0.456 e. The molecule has 45 heavy (non-hydrogen) atoms.